The Balaban J connectivity index is 0. The fraction of sp³-hybridized carbons (Fsp3) is 0.600. The van der Waals surface area contributed by atoms with E-state index in [2.05, 4.69) is 16.1 Å². The lowest BCUT2D eigenvalue weighted by atomic mass is 10.5. The molecule has 0 aromatic heterocycles. The lowest BCUT2D eigenvalue weighted by Crippen LogP contribution is -2.07. The summed E-state index contributed by atoms with van der Waals surface area (Å²) < 4.78 is 0. The van der Waals surface area contributed by atoms with Crippen molar-refractivity contribution >= 4 is 11.5 Å². The Morgan fingerprint density at radius 2 is 1.50 bits per heavy atom. The number of hydrazone groups is 1. The minimum atomic E-state index is 0.407. The van der Waals surface area contributed by atoms with Crippen molar-refractivity contribution in [2.45, 2.75) is 20.8 Å². The molecule has 0 amide bonds. The van der Waals surface area contributed by atoms with E-state index < -0.39 is 0 Å². The number of oxime groups is 1. The highest BCUT2D eigenvalue weighted by molar-refractivity contribution is 5.78. The quantitative estimate of drug-likeness (QED) is 0.148. The molecule has 5 heteroatoms. The smallest absolute Gasteiger partial charge is 0.116 e. The molecule has 0 bridgehead atoms. The van der Waals surface area contributed by atoms with Crippen molar-refractivity contribution in [2.24, 2.45) is 21.8 Å². The summed E-state index contributed by atoms with van der Waals surface area (Å²) >= 11 is 0. The number of nitrogens with zero attached hydrogens (tertiary/aromatic N) is 2. The molecule has 0 heterocycles. The Morgan fingerprint density at radius 1 is 1.30 bits per heavy atom. The van der Waals surface area contributed by atoms with Crippen molar-refractivity contribution in [3.8, 4) is 0 Å². The lowest BCUT2D eigenvalue weighted by Gasteiger charge is -1.75. The Kier molecular flexibility index (Phi) is 8.92. The molecule has 10 heavy (non-hydrogen) atoms. The Morgan fingerprint density at radius 3 is 1.50 bits per heavy atom. The second kappa shape index (κ2) is 7.74. The molecule has 0 fully saturated rings. The third-order valence-corrected chi connectivity index (χ3v) is 0.404. The summed E-state index contributed by atoms with van der Waals surface area (Å²) in [5.41, 5.74) is 5.60. The summed E-state index contributed by atoms with van der Waals surface area (Å²) in [5, 5.41) is 13.6. The molecule has 0 spiro atoms. The zero-order valence-electron chi connectivity index (χ0n) is 6.50. The van der Waals surface area contributed by atoms with Crippen molar-refractivity contribution in [3.63, 3.8) is 0 Å². The molecule has 5 N–H and O–H groups in total. The van der Waals surface area contributed by atoms with E-state index >= 15 is 0 Å². The van der Waals surface area contributed by atoms with E-state index in [4.69, 9.17) is 10.9 Å². The van der Waals surface area contributed by atoms with Gasteiger partial charge in [-0.25, -0.2) is 0 Å². The molecule has 60 valence electrons. The van der Waals surface area contributed by atoms with Crippen LogP contribution in [0.15, 0.2) is 10.3 Å². The van der Waals surface area contributed by atoms with Gasteiger partial charge in [-0.2, -0.15) is 5.10 Å². The second-order valence-electron chi connectivity index (χ2n) is 1.82. The van der Waals surface area contributed by atoms with Gasteiger partial charge in [0.25, 0.3) is 0 Å². The molecular weight excluding hydrogens is 132 g/mol. The van der Waals surface area contributed by atoms with Crippen LogP contribution in [-0.2, 0) is 0 Å². The van der Waals surface area contributed by atoms with E-state index in [0.29, 0.717) is 11.5 Å². The number of amidine groups is 1. The van der Waals surface area contributed by atoms with Crippen molar-refractivity contribution in [1.82, 2.24) is 0 Å². The minimum Gasteiger partial charge on any atom is -0.411 e. The summed E-state index contributed by atoms with van der Waals surface area (Å²) in [4.78, 5) is 0. The van der Waals surface area contributed by atoms with Crippen LogP contribution in [0, 0.1) is 0 Å². The average Bonchev–Trinajstić information content (AvgIpc) is 1.89. The Labute approximate surface area is 60.4 Å². The molecule has 0 aliphatic carbocycles. The summed E-state index contributed by atoms with van der Waals surface area (Å²) in [7, 11) is 0. The SMILES string of the molecule is CC(C)=NO.CC(N)=NN. The third kappa shape index (κ3) is 29.6. The number of hydrogen-bond donors (Lipinski definition) is 3. The maximum Gasteiger partial charge on any atom is 0.116 e. The summed E-state index contributed by atoms with van der Waals surface area (Å²) in [6, 6.07) is 0. The van der Waals surface area contributed by atoms with Crippen LogP contribution in [0.2, 0.25) is 0 Å². The van der Waals surface area contributed by atoms with Gasteiger partial charge in [0.1, 0.15) is 5.84 Å². The largest absolute Gasteiger partial charge is 0.411 e. The maximum absolute atomic E-state index is 7.73. The van der Waals surface area contributed by atoms with E-state index in [9.17, 15) is 0 Å². The fourth-order valence-electron chi connectivity index (χ4n) is 0. The van der Waals surface area contributed by atoms with Gasteiger partial charge in [0, 0.05) is 0 Å². The summed E-state index contributed by atoms with van der Waals surface area (Å²) in [6.45, 7) is 5.07. The molecule has 5 nitrogen and oxygen atoms in total. The Hall–Kier alpha value is -1.26. The van der Waals surface area contributed by atoms with E-state index in [1.165, 1.54) is 0 Å². The van der Waals surface area contributed by atoms with Crippen LogP contribution < -0.4 is 11.6 Å². The van der Waals surface area contributed by atoms with Crippen LogP contribution >= 0.6 is 0 Å². The molecule has 0 saturated heterocycles. The first-order valence-corrected chi connectivity index (χ1v) is 2.69. The number of rotatable bonds is 0. The van der Waals surface area contributed by atoms with Crippen LogP contribution in [0.4, 0.5) is 0 Å². The average molecular weight is 146 g/mol. The van der Waals surface area contributed by atoms with E-state index in [-0.39, 0.29) is 0 Å². The highest BCUT2D eigenvalue weighted by Crippen LogP contribution is 1.62. The van der Waals surface area contributed by atoms with Gasteiger partial charge < -0.3 is 16.8 Å². The lowest BCUT2D eigenvalue weighted by molar-refractivity contribution is 0.318. The van der Waals surface area contributed by atoms with Gasteiger partial charge in [-0.1, -0.05) is 5.16 Å². The molecule has 0 aliphatic heterocycles. The fourth-order valence-corrected chi connectivity index (χ4v) is 0. The van der Waals surface area contributed by atoms with Gasteiger partial charge in [-0.15, -0.1) is 0 Å². The van der Waals surface area contributed by atoms with E-state index in [0.717, 1.165) is 0 Å². The number of hydrogen-bond acceptors (Lipinski definition) is 4. The molecule has 0 radical (unpaired) electrons. The van der Waals surface area contributed by atoms with Gasteiger partial charge >= 0.3 is 0 Å². The van der Waals surface area contributed by atoms with Gasteiger partial charge in [-0.3, -0.25) is 0 Å². The van der Waals surface area contributed by atoms with Crippen LogP contribution in [-0.4, -0.2) is 16.8 Å². The Bertz CT molecular complexity index is 106. The van der Waals surface area contributed by atoms with E-state index in [1.807, 2.05) is 0 Å². The predicted octanol–water partition coefficient (Wildman–Crippen LogP) is 0.0936. The van der Waals surface area contributed by atoms with Gasteiger partial charge in [0.15, 0.2) is 0 Å². The molecule has 0 aliphatic rings. The zero-order valence-corrected chi connectivity index (χ0v) is 6.50. The monoisotopic (exact) mass is 146 g/mol. The van der Waals surface area contributed by atoms with Gasteiger partial charge in [0.2, 0.25) is 0 Å². The highest BCUT2D eigenvalue weighted by Gasteiger charge is 1.65. The molecular formula is C5H14N4O. The van der Waals surface area contributed by atoms with Gasteiger partial charge in [0.05, 0.1) is 5.71 Å². The maximum atomic E-state index is 7.73. The van der Waals surface area contributed by atoms with Gasteiger partial charge in [-0.05, 0) is 20.8 Å². The van der Waals surface area contributed by atoms with Crippen molar-refractivity contribution in [2.75, 3.05) is 0 Å². The van der Waals surface area contributed by atoms with Crippen molar-refractivity contribution in [3.05, 3.63) is 0 Å². The first-order valence-electron chi connectivity index (χ1n) is 2.69. The van der Waals surface area contributed by atoms with Crippen molar-refractivity contribution < 1.29 is 5.21 Å². The van der Waals surface area contributed by atoms with Crippen LogP contribution in [0.3, 0.4) is 0 Å². The first-order chi connectivity index (χ1) is 4.54. The predicted molar refractivity (Wildman–Crippen MR) is 42.1 cm³/mol. The topological polar surface area (TPSA) is 97.0 Å². The molecule has 0 aromatic rings. The normalized spacial score (nSPS) is 9.30. The third-order valence-electron chi connectivity index (χ3n) is 0.404. The highest BCUT2D eigenvalue weighted by atomic mass is 16.4. The zero-order chi connectivity index (χ0) is 8.57. The molecule has 0 unspecified atom stereocenters. The molecule has 0 aromatic carbocycles. The van der Waals surface area contributed by atoms with Crippen molar-refractivity contribution in [1.29, 1.82) is 0 Å². The second-order valence-corrected chi connectivity index (χ2v) is 1.82. The van der Waals surface area contributed by atoms with Crippen LogP contribution in [0.1, 0.15) is 20.8 Å². The number of nitrogens with two attached hydrogens (primary N) is 2. The standard InChI is InChI=1S/C3H7NO.C2H7N3/c1-3(2)4-5;1-2(3)5-4/h5H,1-2H3;4H2,1H3,(H2,3,5). The van der Waals surface area contributed by atoms with Crippen LogP contribution in [0.25, 0.3) is 0 Å². The van der Waals surface area contributed by atoms with Crippen LogP contribution in [0.5, 0.6) is 0 Å². The van der Waals surface area contributed by atoms with E-state index in [1.54, 1.807) is 20.8 Å². The molecule has 0 saturated carbocycles. The first kappa shape index (κ1) is 11.5. The summed E-state index contributed by atoms with van der Waals surface area (Å²) in [5.74, 6) is 5.04. The summed E-state index contributed by atoms with van der Waals surface area (Å²) in [6.07, 6.45) is 0. The minimum absolute atomic E-state index is 0.407. The molecule has 0 rings (SSSR count). The molecule has 0 atom stereocenters.